The van der Waals surface area contributed by atoms with Crippen LogP contribution in [-0.2, 0) is 0 Å². The SMILES string of the molecule is C/C=C\C1=C(CC)Oc2cccc3c2B1c1ccc2c4c(ccc2c1N3c1ccccc1)B1c2ccccc2Oc2cccc(c21)N4c1ccccc1. The molecule has 0 fully saturated rings. The molecule has 4 aliphatic heterocycles. The molecule has 0 saturated carbocycles. The maximum atomic E-state index is 6.70. The lowest BCUT2D eigenvalue weighted by molar-refractivity contribution is 0.407. The van der Waals surface area contributed by atoms with Crippen molar-refractivity contribution in [2.24, 2.45) is 0 Å². The number of hydrogen-bond donors (Lipinski definition) is 0. The summed E-state index contributed by atoms with van der Waals surface area (Å²) in [5.74, 6) is 3.81. The maximum Gasteiger partial charge on any atom is 0.256 e. The normalized spacial score (nSPS) is 14.7. The first-order valence-electron chi connectivity index (χ1n) is 18.6. The summed E-state index contributed by atoms with van der Waals surface area (Å²) in [4.78, 5) is 4.94. The van der Waals surface area contributed by atoms with Crippen LogP contribution in [0, 0.1) is 0 Å². The number of anilines is 6. The van der Waals surface area contributed by atoms with Crippen LogP contribution in [0.15, 0.2) is 169 Å². The molecule has 0 atom stereocenters. The lowest BCUT2D eigenvalue weighted by Crippen LogP contribution is -2.59. The molecule has 0 amide bonds. The first-order chi connectivity index (χ1) is 26.2. The Kier molecular flexibility index (Phi) is 6.60. The fraction of sp³-hybridized carbons (Fsp3) is 0.0638. The highest BCUT2D eigenvalue weighted by molar-refractivity contribution is 6.99. The quantitative estimate of drug-likeness (QED) is 0.174. The van der Waals surface area contributed by atoms with E-state index in [9.17, 15) is 0 Å². The molecule has 4 nitrogen and oxygen atoms in total. The van der Waals surface area contributed by atoms with Gasteiger partial charge in [-0.25, -0.2) is 0 Å². The monoisotopic (exact) mass is 680 g/mol. The Morgan fingerprint density at radius 1 is 0.509 bits per heavy atom. The summed E-state index contributed by atoms with van der Waals surface area (Å²) in [5, 5.41) is 2.43. The summed E-state index contributed by atoms with van der Waals surface area (Å²) in [5.41, 5.74) is 14.4. The summed E-state index contributed by atoms with van der Waals surface area (Å²) in [7, 11) is 0. The van der Waals surface area contributed by atoms with Crippen LogP contribution in [0.1, 0.15) is 20.3 Å². The molecule has 0 aliphatic carbocycles. The van der Waals surface area contributed by atoms with Crippen LogP contribution in [0.2, 0.25) is 0 Å². The molecule has 250 valence electrons. The summed E-state index contributed by atoms with van der Waals surface area (Å²) < 4.78 is 13.3. The number of fused-ring (bicyclic) bond motifs is 9. The van der Waals surface area contributed by atoms with Gasteiger partial charge in [-0.05, 0) is 94.3 Å². The molecule has 7 aromatic carbocycles. The zero-order chi connectivity index (χ0) is 35.2. The van der Waals surface area contributed by atoms with Crippen molar-refractivity contribution in [2.75, 3.05) is 9.80 Å². The van der Waals surface area contributed by atoms with Crippen molar-refractivity contribution in [3.63, 3.8) is 0 Å². The number of hydrogen-bond acceptors (Lipinski definition) is 4. The highest BCUT2D eigenvalue weighted by Gasteiger charge is 2.45. The molecule has 7 aromatic rings. The zero-order valence-electron chi connectivity index (χ0n) is 29.6. The van der Waals surface area contributed by atoms with Gasteiger partial charge in [0.15, 0.2) is 0 Å². The number of para-hydroxylation sites is 3. The molecular formula is C47H34B2N2O2. The van der Waals surface area contributed by atoms with E-state index in [4.69, 9.17) is 9.47 Å². The number of allylic oxidation sites excluding steroid dienone is 4. The number of benzene rings is 7. The van der Waals surface area contributed by atoms with E-state index in [-0.39, 0.29) is 13.4 Å². The second kappa shape index (κ2) is 11.6. The van der Waals surface area contributed by atoms with E-state index in [0.717, 1.165) is 52.2 Å². The molecule has 6 heteroatoms. The van der Waals surface area contributed by atoms with E-state index in [1.807, 2.05) is 0 Å². The van der Waals surface area contributed by atoms with Gasteiger partial charge in [0.1, 0.15) is 17.2 Å². The Morgan fingerprint density at radius 3 is 1.64 bits per heavy atom. The molecule has 0 aromatic heterocycles. The fourth-order valence-electron chi connectivity index (χ4n) is 9.40. The van der Waals surface area contributed by atoms with Gasteiger partial charge in [-0.1, -0.05) is 110 Å². The third-order valence-corrected chi connectivity index (χ3v) is 11.4. The smallest absolute Gasteiger partial charge is 0.256 e. The van der Waals surface area contributed by atoms with Crippen molar-refractivity contribution >= 4 is 85.6 Å². The molecule has 0 unspecified atom stereocenters. The van der Waals surface area contributed by atoms with Crippen molar-refractivity contribution in [3.05, 3.63) is 169 Å². The number of ether oxygens (including phenoxy) is 2. The van der Waals surface area contributed by atoms with Crippen molar-refractivity contribution in [1.82, 2.24) is 0 Å². The Morgan fingerprint density at radius 2 is 1.04 bits per heavy atom. The van der Waals surface area contributed by atoms with E-state index >= 15 is 0 Å². The van der Waals surface area contributed by atoms with Gasteiger partial charge in [-0.3, -0.25) is 0 Å². The largest absolute Gasteiger partial charge is 0.463 e. The Labute approximate surface area is 310 Å². The lowest BCUT2D eigenvalue weighted by Gasteiger charge is -2.43. The minimum absolute atomic E-state index is 0.0295. The van der Waals surface area contributed by atoms with E-state index in [2.05, 4.69) is 181 Å². The zero-order valence-corrected chi connectivity index (χ0v) is 29.6. The number of rotatable bonds is 4. The molecule has 0 radical (unpaired) electrons. The van der Waals surface area contributed by atoms with Gasteiger partial charge in [-0.15, -0.1) is 0 Å². The molecule has 0 saturated heterocycles. The Balaban J connectivity index is 1.26. The van der Waals surface area contributed by atoms with Gasteiger partial charge >= 0.3 is 0 Å². The highest BCUT2D eigenvalue weighted by atomic mass is 16.5. The highest BCUT2D eigenvalue weighted by Crippen LogP contribution is 2.48. The van der Waals surface area contributed by atoms with Gasteiger partial charge in [0.05, 0.1) is 5.76 Å². The van der Waals surface area contributed by atoms with Gasteiger partial charge in [0.25, 0.3) is 13.4 Å². The number of nitrogens with zero attached hydrogens (tertiary/aromatic N) is 2. The molecular weight excluding hydrogens is 646 g/mol. The second-order valence-corrected chi connectivity index (χ2v) is 14.2. The van der Waals surface area contributed by atoms with Crippen molar-refractivity contribution in [3.8, 4) is 17.2 Å². The molecule has 0 N–H and O–H groups in total. The van der Waals surface area contributed by atoms with E-state index in [0.29, 0.717) is 0 Å². The predicted molar refractivity (Wildman–Crippen MR) is 222 cm³/mol. The molecule has 0 spiro atoms. The predicted octanol–water partition coefficient (Wildman–Crippen LogP) is 8.81. The van der Waals surface area contributed by atoms with Gasteiger partial charge < -0.3 is 19.3 Å². The lowest BCUT2D eigenvalue weighted by atomic mass is 9.33. The summed E-state index contributed by atoms with van der Waals surface area (Å²) in [6.07, 6.45) is 5.23. The molecule has 53 heavy (non-hydrogen) atoms. The average Bonchev–Trinajstić information content (AvgIpc) is 3.21. The van der Waals surface area contributed by atoms with Crippen molar-refractivity contribution in [2.45, 2.75) is 20.3 Å². The van der Waals surface area contributed by atoms with Crippen LogP contribution in [0.4, 0.5) is 34.1 Å². The maximum absolute atomic E-state index is 6.70. The van der Waals surface area contributed by atoms with Crippen molar-refractivity contribution < 1.29 is 9.47 Å². The first kappa shape index (κ1) is 30.3. The van der Waals surface area contributed by atoms with Crippen LogP contribution in [-0.4, -0.2) is 13.4 Å². The average molecular weight is 680 g/mol. The van der Waals surface area contributed by atoms with Crippen LogP contribution in [0.5, 0.6) is 17.2 Å². The Hall–Kier alpha value is -6.39. The summed E-state index contributed by atoms with van der Waals surface area (Å²) in [6, 6.07) is 52.7. The third kappa shape index (κ3) is 4.21. The minimum atomic E-state index is 0.0295. The summed E-state index contributed by atoms with van der Waals surface area (Å²) >= 11 is 0. The minimum Gasteiger partial charge on any atom is -0.463 e. The second-order valence-electron chi connectivity index (χ2n) is 14.2. The van der Waals surface area contributed by atoms with Crippen LogP contribution in [0.3, 0.4) is 0 Å². The topological polar surface area (TPSA) is 24.9 Å². The van der Waals surface area contributed by atoms with Gasteiger partial charge in [0, 0.05) is 51.3 Å². The third-order valence-electron chi connectivity index (χ3n) is 11.4. The summed E-state index contributed by atoms with van der Waals surface area (Å²) in [6.45, 7) is 4.36. The molecule has 4 heterocycles. The van der Waals surface area contributed by atoms with E-state index < -0.39 is 0 Å². The molecule has 4 aliphatic rings. The van der Waals surface area contributed by atoms with E-state index in [1.165, 1.54) is 54.9 Å². The standard InChI is InChI=1S/C47H34B2N2O2/c1-3-15-34-40(4-2)52-42-24-13-21-38-44(42)48(34)36-28-26-33-32(46(36)50(38)30-16-7-5-8-17-30)27-29-37-47(33)51(31-18-9-6-10-19-31)39-22-14-25-43-45(39)49(37)35-20-11-12-23-41(35)53-43/h3,5-29H,4H2,1-2H3/b15-3-. The first-order valence-corrected chi connectivity index (χ1v) is 18.6. The Bertz CT molecular complexity index is 2710. The van der Waals surface area contributed by atoms with E-state index in [1.54, 1.807) is 0 Å². The van der Waals surface area contributed by atoms with Gasteiger partial charge in [0.2, 0.25) is 0 Å². The fourth-order valence-corrected chi connectivity index (χ4v) is 9.40. The molecule has 11 rings (SSSR count). The van der Waals surface area contributed by atoms with Crippen LogP contribution >= 0.6 is 0 Å². The van der Waals surface area contributed by atoms with Crippen molar-refractivity contribution in [1.29, 1.82) is 0 Å². The molecule has 0 bridgehead atoms. The van der Waals surface area contributed by atoms with Crippen LogP contribution < -0.4 is 46.6 Å². The van der Waals surface area contributed by atoms with Crippen LogP contribution in [0.25, 0.3) is 10.8 Å². The van der Waals surface area contributed by atoms with Gasteiger partial charge in [-0.2, -0.15) is 0 Å².